The van der Waals surface area contributed by atoms with Gasteiger partial charge in [-0.25, -0.2) is 9.97 Å². The molecule has 0 radical (unpaired) electrons. The van der Waals surface area contributed by atoms with Crippen molar-refractivity contribution >= 4 is 109 Å². The van der Waals surface area contributed by atoms with E-state index in [-0.39, 0.29) is 4.32 Å². The summed E-state index contributed by atoms with van der Waals surface area (Å²) in [5.74, 6) is -1.54. The predicted octanol–water partition coefficient (Wildman–Crippen LogP) is 9.36. The van der Waals surface area contributed by atoms with Crippen molar-refractivity contribution in [3.8, 4) is 31.6 Å². The molecule has 14 heteroatoms. The number of para-hydroxylation sites is 2. The minimum absolute atomic E-state index is 0.222. The van der Waals surface area contributed by atoms with Crippen LogP contribution in [0.25, 0.3) is 48.7 Å². The molecule has 4 aromatic carbocycles. The zero-order valence-electron chi connectivity index (χ0n) is 25.7. The third-order valence-electron chi connectivity index (χ3n) is 7.78. The molecule has 1 N–H and O–H groups in total. The molecule has 0 aliphatic carbocycles. The van der Waals surface area contributed by atoms with Crippen LogP contribution in [0.5, 0.6) is 0 Å². The highest BCUT2D eigenvalue weighted by molar-refractivity contribution is 8.26. The first-order valence-electron chi connectivity index (χ1n) is 15.1. The van der Waals surface area contributed by atoms with Gasteiger partial charge in [0.2, 0.25) is 0 Å². The van der Waals surface area contributed by atoms with Crippen LogP contribution in [-0.4, -0.2) is 51.5 Å². The lowest BCUT2D eigenvalue weighted by Gasteiger charge is -2.25. The van der Waals surface area contributed by atoms with Crippen LogP contribution in [0.15, 0.2) is 114 Å². The van der Waals surface area contributed by atoms with Crippen LogP contribution in [0.2, 0.25) is 0 Å². The van der Waals surface area contributed by atoms with Gasteiger partial charge in [-0.3, -0.25) is 14.5 Å². The van der Waals surface area contributed by atoms with Gasteiger partial charge in [-0.1, -0.05) is 72.5 Å². The maximum atomic E-state index is 12.7. The first-order chi connectivity index (χ1) is 24.4. The number of thiocarbonyl (C=S) groups is 1. The number of anilines is 3. The van der Waals surface area contributed by atoms with Crippen molar-refractivity contribution in [2.45, 2.75) is 0 Å². The molecule has 0 bridgehead atoms. The van der Waals surface area contributed by atoms with E-state index in [4.69, 9.17) is 22.3 Å². The molecule has 1 fully saturated rings. The number of thioether (sulfide) groups is 1. The van der Waals surface area contributed by atoms with Crippen LogP contribution in [-0.2, 0) is 9.59 Å². The van der Waals surface area contributed by atoms with Crippen LogP contribution < -0.4 is 4.90 Å². The standard InChI is InChI=1S/C36H22N6O3S5/c43-30(44)20-41-35(45)28(49-36(41)46)17-25-18-37-33(47-25)26-15-16-27(32-31(26)39-50-40-32)34-38-19-29(48-34)21-11-13-24(14-12-21)42(22-7-3-1-4-8-22)23-9-5-2-6-10-23/h1-19H,20H2,(H,43,44)/b28-17+. The van der Waals surface area contributed by atoms with Gasteiger partial charge in [0.1, 0.15) is 31.9 Å². The maximum Gasteiger partial charge on any atom is 0.323 e. The van der Waals surface area contributed by atoms with Gasteiger partial charge in [-0.2, -0.15) is 8.75 Å². The lowest BCUT2D eigenvalue weighted by atomic mass is 10.1. The molecule has 244 valence electrons. The molecule has 50 heavy (non-hydrogen) atoms. The molecule has 7 aromatic rings. The van der Waals surface area contributed by atoms with Crippen molar-refractivity contribution in [3.05, 3.63) is 119 Å². The molecule has 0 atom stereocenters. The molecule has 0 saturated carbocycles. The number of fused-ring (bicyclic) bond motifs is 1. The number of benzene rings is 4. The number of hydrogen-bond donors (Lipinski definition) is 1. The Bertz CT molecular complexity index is 2380. The summed E-state index contributed by atoms with van der Waals surface area (Å²) < 4.78 is 9.47. The van der Waals surface area contributed by atoms with Gasteiger partial charge in [0.15, 0.2) is 0 Å². The summed E-state index contributed by atoms with van der Waals surface area (Å²) in [4.78, 5) is 38.7. The number of carbonyl (C=O) groups excluding carboxylic acids is 1. The third kappa shape index (κ3) is 6.23. The molecule has 4 heterocycles. The molecule has 1 amide bonds. The number of carbonyl (C=O) groups is 2. The van der Waals surface area contributed by atoms with Crippen LogP contribution in [0, 0.1) is 0 Å². The Morgan fingerprint density at radius 2 is 1.36 bits per heavy atom. The zero-order valence-corrected chi connectivity index (χ0v) is 29.7. The van der Waals surface area contributed by atoms with Gasteiger partial charge >= 0.3 is 5.97 Å². The largest absolute Gasteiger partial charge is 0.480 e. The average Bonchev–Trinajstić information content (AvgIpc) is 3.96. The second-order valence-electron chi connectivity index (χ2n) is 10.9. The van der Waals surface area contributed by atoms with Crippen molar-refractivity contribution in [2.24, 2.45) is 0 Å². The molecule has 0 unspecified atom stereocenters. The smallest absolute Gasteiger partial charge is 0.323 e. The van der Waals surface area contributed by atoms with Crippen molar-refractivity contribution < 1.29 is 14.7 Å². The fourth-order valence-electron chi connectivity index (χ4n) is 5.50. The molecule has 0 spiro atoms. The van der Waals surface area contributed by atoms with Crippen LogP contribution in [0.4, 0.5) is 17.1 Å². The van der Waals surface area contributed by atoms with Gasteiger partial charge in [-0.05, 0) is 60.2 Å². The molecule has 1 aliphatic rings. The van der Waals surface area contributed by atoms with Gasteiger partial charge in [-0.15, -0.1) is 22.7 Å². The van der Waals surface area contributed by atoms with Crippen molar-refractivity contribution in [1.82, 2.24) is 23.6 Å². The SMILES string of the molecule is O=C(O)CN1C(=O)/C(=C\c2cnc(-c3ccc(-c4ncc(-c5ccc(N(c6ccccc6)c6ccccc6)cc5)s4)c4nsnc34)s2)SC1=S. The second kappa shape index (κ2) is 13.7. The van der Waals surface area contributed by atoms with Gasteiger partial charge in [0.25, 0.3) is 5.91 Å². The first kappa shape index (κ1) is 32.1. The Balaban J connectivity index is 1.05. The number of carboxylic acids is 1. The van der Waals surface area contributed by atoms with E-state index in [1.807, 2.05) is 54.7 Å². The van der Waals surface area contributed by atoms with E-state index in [1.165, 1.54) is 11.3 Å². The Labute approximate surface area is 307 Å². The third-order valence-corrected chi connectivity index (χ3v) is 11.7. The van der Waals surface area contributed by atoms with Crippen molar-refractivity contribution in [2.75, 3.05) is 11.4 Å². The summed E-state index contributed by atoms with van der Waals surface area (Å²) >= 11 is 10.4. The van der Waals surface area contributed by atoms with E-state index in [2.05, 4.69) is 67.2 Å². The molecular formula is C36H22N6O3S5. The molecule has 9 nitrogen and oxygen atoms in total. The topological polar surface area (TPSA) is 112 Å². The quantitative estimate of drug-likeness (QED) is 0.113. The van der Waals surface area contributed by atoms with Crippen molar-refractivity contribution in [3.63, 3.8) is 0 Å². The maximum absolute atomic E-state index is 12.7. The number of aliphatic carboxylic acids is 1. The number of rotatable bonds is 9. The predicted molar refractivity (Wildman–Crippen MR) is 207 cm³/mol. The molecule has 1 saturated heterocycles. The zero-order chi connectivity index (χ0) is 34.2. The normalized spacial score (nSPS) is 13.8. The minimum atomic E-state index is -1.12. The number of carboxylic acid groups (broad SMARTS) is 1. The van der Waals surface area contributed by atoms with E-state index >= 15 is 0 Å². The lowest BCUT2D eigenvalue weighted by Crippen LogP contribution is -2.33. The van der Waals surface area contributed by atoms with Crippen molar-refractivity contribution in [1.29, 1.82) is 0 Å². The Kier molecular flexibility index (Phi) is 8.77. The Hall–Kier alpha value is -5.12. The number of nitrogens with zero attached hydrogens (tertiary/aromatic N) is 6. The van der Waals surface area contributed by atoms with Crippen LogP contribution in [0.1, 0.15) is 4.88 Å². The first-order valence-corrected chi connectivity index (χ1v) is 18.7. The fraction of sp³-hybridized carbons (Fsp3) is 0.0278. The van der Waals surface area contributed by atoms with E-state index in [9.17, 15) is 9.59 Å². The van der Waals surface area contributed by atoms with E-state index in [0.717, 1.165) is 92.9 Å². The fourth-order valence-corrected chi connectivity index (χ4v) is 9.23. The van der Waals surface area contributed by atoms with E-state index < -0.39 is 18.4 Å². The number of thiazole rings is 2. The summed E-state index contributed by atoms with van der Waals surface area (Å²) in [6, 6.07) is 33.1. The number of aromatic nitrogens is 4. The average molecular weight is 747 g/mol. The van der Waals surface area contributed by atoms with Gasteiger partial charge in [0.05, 0.1) is 21.5 Å². The molecule has 1 aliphatic heterocycles. The summed E-state index contributed by atoms with van der Waals surface area (Å²) in [7, 11) is 0. The van der Waals surface area contributed by atoms with Crippen LogP contribution >= 0.6 is 58.4 Å². The summed E-state index contributed by atoms with van der Waals surface area (Å²) in [5, 5.41) is 10.7. The second-order valence-corrected chi connectivity index (χ2v) is 15.2. The van der Waals surface area contributed by atoms with Crippen LogP contribution in [0.3, 0.4) is 0 Å². The highest BCUT2D eigenvalue weighted by Gasteiger charge is 2.33. The van der Waals surface area contributed by atoms with E-state index in [1.54, 1.807) is 23.6 Å². The molecule has 8 rings (SSSR count). The summed E-state index contributed by atoms with van der Waals surface area (Å²) in [5.41, 5.74) is 7.48. The summed E-state index contributed by atoms with van der Waals surface area (Å²) in [6.07, 6.45) is 5.27. The Morgan fingerprint density at radius 1 is 0.780 bits per heavy atom. The minimum Gasteiger partial charge on any atom is -0.480 e. The Morgan fingerprint density at radius 3 is 1.98 bits per heavy atom. The highest BCUT2D eigenvalue weighted by atomic mass is 32.2. The lowest BCUT2D eigenvalue weighted by molar-refractivity contribution is -0.140. The number of hydrogen-bond acceptors (Lipinski definition) is 12. The number of amides is 1. The van der Waals surface area contributed by atoms with Gasteiger partial charge in [0, 0.05) is 45.5 Å². The molecule has 3 aromatic heterocycles. The monoisotopic (exact) mass is 746 g/mol. The van der Waals surface area contributed by atoms with E-state index in [0.29, 0.717) is 4.91 Å². The summed E-state index contributed by atoms with van der Waals surface area (Å²) in [6.45, 7) is -0.466. The molecular weight excluding hydrogens is 725 g/mol. The highest BCUT2D eigenvalue weighted by Crippen LogP contribution is 2.41. The van der Waals surface area contributed by atoms with Gasteiger partial charge < -0.3 is 10.0 Å².